The van der Waals surface area contributed by atoms with E-state index in [1.807, 2.05) is 0 Å². The molecule has 0 amide bonds. The van der Waals surface area contributed by atoms with Crippen molar-refractivity contribution in [2.24, 2.45) is 5.92 Å². The molecule has 4 aliphatic rings. The monoisotopic (exact) mass is 223 g/mol. The van der Waals surface area contributed by atoms with Gasteiger partial charge in [0.2, 0.25) is 0 Å². The maximum atomic E-state index is 9.82. The average Bonchev–Trinajstić information content (AvgIpc) is 2.76. The van der Waals surface area contributed by atoms with Gasteiger partial charge in [-0.15, -0.1) is 0 Å². The number of hydrogen-bond donors (Lipinski definition) is 1. The summed E-state index contributed by atoms with van der Waals surface area (Å²) in [4.78, 5) is 2.71. The predicted molar refractivity (Wildman–Crippen MR) is 59.9 cm³/mol. The van der Waals surface area contributed by atoms with Gasteiger partial charge < -0.3 is 9.84 Å². The fourth-order valence-electron chi connectivity index (χ4n) is 4.97. The number of hydrogen-bond acceptors (Lipinski definition) is 3. The summed E-state index contributed by atoms with van der Waals surface area (Å²) < 4.78 is 6.03. The Morgan fingerprint density at radius 1 is 1.19 bits per heavy atom. The number of piperidine rings is 1. The minimum atomic E-state index is -0.481. The predicted octanol–water partition coefficient (Wildman–Crippen LogP) is 1.50. The van der Waals surface area contributed by atoms with Crippen molar-refractivity contribution in [2.45, 2.75) is 68.9 Å². The van der Waals surface area contributed by atoms with Crippen LogP contribution in [0.25, 0.3) is 0 Å². The lowest BCUT2D eigenvalue weighted by Gasteiger charge is -2.40. The summed E-state index contributed by atoms with van der Waals surface area (Å²) in [5.74, 6) is 0.631. The summed E-state index contributed by atoms with van der Waals surface area (Å²) in [7, 11) is 0. The third-order valence-electron chi connectivity index (χ3n) is 5.51. The molecule has 4 rings (SSSR count). The van der Waals surface area contributed by atoms with Gasteiger partial charge in [-0.05, 0) is 44.6 Å². The molecule has 0 radical (unpaired) electrons. The zero-order chi connectivity index (χ0) is 10.8. The second-order valence-corrected chi connectivity index (χ2v) is 6.14. The molecule has 3 heteroatoms. The van der Waals surface area contributed by atoms with Gasteiger partial charge in [0.15, 0.2) is 6.29 Å². The molecular formula is C13H21NO2. The standard InChI is InChI=1S/C13H21NO2/c15-12-7-9-4-5-10-8-13(9,16-12)11-3-1-2-6-14(10)11/h9-12,15H,1-8H2/t9?,10-,11-,12?,13+/m1/s1. The second kappa shape index (κ2) is 3.21. The molecule has 1 spiro atoms. The van der Waals surface area contributed by atoms with E-state index in [4.69, 9.17) is 4.74 Å². The molecule has 0 aromatic carbocycles. The highest BCUT2D eigenvalue weighted by Crippen LogP contribution is 2.56. The Bertz CT molecular complexity index is 308. The highest BCUT2D eigenvalue weighted by molar-refractivity contribution is 5.14. The van der Waals surface area contributed by atoms with Crippen LogP contribution in [0.4, 0.5) is 0 Å². The van der Waals surface area contributed by atoms with E-state index < -0.39 is 6.29 Å². The quantitative estimate of drug-likeness (QED) is 0.675. The average molecular weight is 223 g/mol. The topological polar surface area (TPSA) is 32.7 Å². The molecule has 1 saturated carbocycles. The van der Waals surface area contributed by atoms with Gasteiger partial charge in [-0.25, -0.2) is 0 Å². The second-order valence-electron chi connectivity index (χ2n) is 6.14. The van der Waals surface area contributed by atoms with Crippen LogP contribution in [-0.2, 0) is 4.74 Å². The summed E-state index contributed by atoms with van der Waals surface area (Å²) in [6, 6.07) is 1.38. The fraction of sp³-hybridized carbons (Fsp3) is 1.00. The largest absolute Gasteiger partial charge is 0.368 e. The van der Waals surface area contributed by atoms with E-state index in [1.165, 1.54) is 45.1 Å². The molecule has 16 heavy (non-hydrogen) atoms. The van der Waals surface area contributed by atoms with Crippen LogP contribution < -0.4 is 0 Å². The Labute approximate surface area is 96.8 Å². The van der Waals surface area contributed by atoms with Crippen molar-refractivity contribution in [3.05, 3.63) is 0 Å². The van der Waals surface area contributed by atoms with Crippen molar-refractivity contribution in [1.82, 2.24) is 4.90 Å². The van der Waals surface area contributed by atoms with E-state index in [0.29, 0.717) is 12.0 Å². The van der Waals surface area contributed by atoms with Crippen molar-refractivity contribution in [3.63, 3.8) is 0 Å². The Morgan fingerprint density at radius 3 is 3.06 bits per heavy atom. The van der Waals surface area contributed by atoms with Crippen LogP contribution in [0.2, 0.25) is 0 Å². The van der Waals surface area contributed by atoms with E-state index in [0.717, 1.165) is 12.5 Å². The first kappa shape index (κ1) is 9.86. The summed E-state index contributed by atoms with van der Waals surface area (Å²) in [5.41, 5.74) is 0.0444. The Kier molecular flexibility index (Phi) is 1.98. The summed E-state index contributed by atoms with van der Waals surface area (Å²) in [5, 5.41) is 9.82. The zero-order valence-electron chi connectivity index (χ0n) is 9.77. The number of fused-ring (bicyclic) bond motifs is 3. The van der Waals surface area contributed by atoms with Crippen molar-refractivity contribution >= 4 is 0 Å². The van der Waals surface area contributed by atoms with Gasteiger partial charge in [0.05, 0.1) is 5.60 Å². The van der Waals surface area contributed by atoms with Gasteiger partial charge in [-0.2, -0.15) is 0 Å². The van der Waals surface area contributed by atoms with Crippen LogP contribution in [0.5, 0.6) is 0 Å². The lowest BCUT2D eigenvalue weighted by Crippen LogP contribution is -2.49. The first-order chi connectivity index (χ1) is 7.79. The lowest BCUT2D eigenvalue weighted by atomic mass is 9.72. The Morgan fingerprint density at radius 2 is 2.12 bits per heavy atom. The zero-order valence-corrected chi connectivity index (χ0v) is 9.77. The summed E-state index contributed by atoms with van der Waals surface area (Å²) >= 11 is 0. The molecule has 5 atom stereocenters. The van der Waals surface area contributed by atoms with Gasteiger partial charge >= 0.3 is 0 Å². The lowest BCUT2D eigenvalue weighted by molar-refractivity contribution is -0.156. The van der Waals surface area contributed by atoms with E-state index in [9.17, 15) is 5.11 Å². The van der Waals surface area contributed by atoms with Crippen molar-refractivity contribution in [2.75, 3.05) is 6.54 Å². The first-order valence-corrected chi connectivity index (χ1v) is 6.91. The van der Waals surface area contributed by atoms with Crippen LogP contribution in [0.1, 0.15) is 44.9 Å². The molecule has 3 heterocycles. The molecule has 1 aliphatic carbocycles. The number of aliphatic hydroxyl groups is 1. The first-order valence-electron chi connectivity index (χ1n) is 6.91. The SMILES string of the molecule is OC1CC2CC[C@@H]3C[C@@]2(O1)[C@H]1CCCCN31. The third-order valence-corrected chi connectivity index (χ3v) is 5.51. The number of ether oxygens (including phenoxy) is 1. The summed E-state index contributed by atoms with van der Waals surface area (Å²) in [6.45, 7) is 1.27. The van der Waals surface area contributed by atoms with E-state index in [2.05, 4.69) is 4.90 Å². The van der Waals surface area contributed by atoms with Crippen LogP contribution in [-0.4, -0.2) is 40.5 Å². The van der Waals surface area contributed by atoms with Crippen molar-refractivity contribution in [1.29, 1.82) is 0 Å². The van der Waals surface area contributed by atoms with Crippen LogP contribution in [0.15, 0.2) is 0 Å². The van der Waals surface area contributed by atoms with Gasteiger partial charge in [0.25, 0.3) is 0 Å². The number of nitrogens with zero attached hydrogens (tertiary/aromatic N) is 1. The maximum Gasteiger partial charge on any atom is 0.155 e. The highest BCUT2D eigenvalue weighted by Gasteiger charge is 2.63. The van der Waals surface area contributed by atoms with Crippen molar-refractivity contribution in [3.8, 4) is 0 Å². The van der Waals surface area contributed by atoms with Crippen molar-refractivity contribution < 1.29 is 9.84 Å². The van der Waals surface area contributed by atoms with Crippen LogP contribution in [0, 0.1) is 5.92 Å². The van der Waals surface area contributed by atoms with Crippen LogP contribution in [0.3, 0.4) is 0 Å². The number of aliphatic hydroxyl groups excluding tert-OH is 1. The summed E-state index contributed by atoms with van der Waals surface area (Å²) in [6.07, 6.45) is 8.20. The smallest absolute Gasteiger partial charge is 0.155 e. The molecule has 0 aromatic heterocycles. The minimum Gasteiger partial charge on any atom is -0.368 e. The maximum absolute atomic E-state index is 9.82. The molecule has 4 fully saturated rings. The van der Waals surface area contributed by atoms with Gasteiger partial charge in [0.1, 0.15) is 0 Å². The number of rotatable bonds is 0. The van der Waals surface area contributed by atoms with E-state index in [-0.39, 0.29) is 5.60 Å². The Hall–Kier alpha value is -0.120. The van der Waals surface area contributed by atoms with E-state index in [1.54, 1.807) is 0 Å². The van der Waals surface area contributed by atoms with Gasteiger partial charge in [0, 0.05) is 18.5 Å². The Balaban J connectivity index is 1.73. The van der Waals surface area contributed by atoms with Gasteiger partial charge in [-0.1, -0.05) is 6.42 Å². The molecule has 2 bridgehead atoms. The minimum absolute atomic E-state index is 0.0444. The van der Waals surface area contributed by atoms with E-state index >= 15 is 0 Å². The molecular weight excluding hydrogens is 202 g/mol. The highest BCUT2D eigenvalue weighted by atomic mass is 16.6. The molecule has 3 nitrogen and oxygen atoms in total. The molecule has 90 valence electrons. The molecule has 2 unspecified atom stereocenters. The molecule has 0 aromatic rings. The molecule has 1 N–H and O–H groups in total. The molecule has 3 saturated heterocycles. The van der Waals surface area contributed by atoms with Gasteiger partial charge in [-0.3, -0.25) is 4.90 Å². The normalized spacial score (nSPS) is 56.1. The van der Waals surface area contributed by atoms with Crippen LogP contribution >= 0.6 is 0 Å². The third kappa shape index (κ3) is 1.09. The fourth-order valence-corrected chi connectivity index (χ4v) is 4.97. The molecule has 3 aliphatic heterocycles.